The van der Waals surface area contributed by atoms with Gasteiger partial charge in [-0.3, -0.25) is 4.90 Å². The van der Waals surface area contributed by atoms with Gasteiger partial charge < -0.3 is 9.32 Å². The molecule has 1 aliphatic rings. The van der Waals surface area contributed by atoms with Gasteiger partial charge in [0.25, 0.3) is 0 Å². The van der Waals surface area contributed by atoms with E-state index in [2.05, 4.69) is 24.8 Å². The normalized spacial score (nSPS) is 15.7. The maximum absolute atomic E-state index is 13.0. The van der Waals surface area contributed by atoms with Gasteiger partial charge in [-0.05, 0) is 31.2 Å². The topological polar surface area (TPSA) is 58.3 Å². The van der Waals surface area contributed by atoms with E-state index in [9.17, 15) is 13.2 Å². The van der Waals surface area contributed by atoms with Crippen LogP contribution in [-0.2, 0) is 12.7 Å². The maximum atomic E-state index is 13.0. The van der Waals surface area contributed by atoms with Gasteiger partial charge in [0.15, 0.2) is 0 Å². The van der Waals surface area contributed by atoms with E-state index in [-0.39, 0.29) is 5.89 Å². The Bertz CT molecular complexity index is 966. The van der Waals surface area contributed by atoms with E-state index in [1.165, 1.54) is 6.07 Å². The van der Waals surface area contributed by atoms with E-state index in [0.29, 0.717) is 17.9 Å². The van der Waals surface area contributed by atoms with Crippen LogP contribution in [0.5, 0.6) is 0 Å². The molecule has 3 heterocycles. The summed E-state index contributed by atoms with van der Waals surface area (Å²) in [4.78, 5) is 17.4. The second-order valence-corrected chi connectivity index (χ2v) is 6.91. The van der Waals surface area contributed by atoms with Crippen molar-refractivity contribution in [2.75, 3.05) is 31.1 Å². The van der Waals surface area contributed by atoms with Crippen molar-refractivity contribution in [3.05, 3.63) is 59.7 Å². The number of hydrogen-bond donors (Lipinski definition) is 0. The van der Waals surface area contributed by atoms with Crippen LogP contribution in [0.4, 0.5) is 19.1 Å². The summed E-state index contributed by atoms with van der Waals surface area (Å²) >= 11 is 0. The Hall–Kier alpha value is -2.94. The number of halogens is 3. The van der Waals surface area contributed by atoms with Gasteiger partial charge in [-0.15, -0.1) is 0 Å². The fraction of sp³-hybridized carbons (Fsp3) is 0.350. The highest BCUT2D eigenvalue weighted by Gasteiger charge is 2.31. The standard InChI is InChI=1S/C20H20F3N5O/c1-14-17(13-27-8-10-28(11-9-27)19-24-6-3-7-25-19)26-18(29-14)15-4-2-5-16(12-15)20(21,22)23/h2-7,12H,8-11,13H2,1H3. The first kappa shape index (κ1) is 19.4. The monoisotopic (exact) mass is 403 g/mol. The lowest BCUT2D eigenvalue weighted by Gasteiger charge is -2.34. The minimum absolute atomic E-state index is 0.208. The molecule has 152 valence electrons. The number of hydrogen-bond acceptors (Lipinski definition) is 6. The summed E-state index contributed by atoms with van der Waals surface area (Å²) in [5.41, 5.74) is 0.341. The second kappa shape index (κ2) is 7.82. The zero-order valence-electron chi connectivity index (χ0n) is 15.9. The van der Waals surface area contributed by atoms with Gasteiger partial charge in [0.1, 0.15) is 5.76 Å². The molecule has 0 amide bonds. The van der Waals surface area contributed by atoms with E-state index in [1.807, 2.05) is 0 Å². The molecule has 1 aromatic carbocycles. The largest absolute Gasteiger partial charge is 0.441 e. The van der Waals surface area contributed by atoms with Gasteiger partial charge in [-0.1, -0.05) is 6.07 Å². The van der Waals surface area contributed by atoms with Crippen LogP contribution >= 0.6 is 0 Å². The summed E-state index contributed by atoms with van der Waals surface area (Å²) in [6.07, 6.45) is -0.950. The number of piperazine rings is 1. The molecule has 2 aromatic heterocycles. The van der Waals surface area contributed by atoms with Gasteiger partial charge in [0.2, 0.25) is 11.8 Å². The fourth-order valence-electron chi connectivity index (χ4n) is 3.30. The number of aromatic nitrogens is 3. The highest BCUT2D eigenvalue weighted by Crippen LogP contribution is 2.32. The number of oxazole rings is 1. The van der Waals surface area contributed by atoms with Crippen molar-refractivity contribution in [2.24, 2.45) is 0 Å². The Kier molecular flexibility index (Phi) is 5.23. The van der Waals surface area contributed by atoms with Crippen LogP contribution < -0.4 is 4.90 Å². The molecule has 6 nitrogen and oxygen atoms in total. The van der Waals surface area contributed by atoms with Crippen molar-refractivity contribution in [1.29, 1.82) is 0 Å². The summed E-state index contributed by atoms with van der Waals surface area (Å²) in [6, 6.07) is 6.82. The molecular formula is C20H20F3N5O. The van der Waals surface area contributed by atoms with E-state index in [1.54, 1.807) is 31.5 Å². The van der Waals surface area contributed by atoms with Crippen molar-refractivity contribution in [2.45, 2.75) is 19.6 Å². The van der Waals surface area contributed by atoms with Crippen molar-refractivity contribution >= 4 is 5.95 Å². The molecule has 0 aliphatic carbocycles. The lowest BCUT2D eigenvalue weighted by atomic mass is 10.1. The van der Waals surface area contributed by atoms with Gasteiger partial charge in [-0.2, -0.15) is 13.2 Å². The molecule has 1 fully saturated rings. The summed E-state index contributed by atoms with van der Waals surface area (Å²) in [5.74, 6) is 1.54. The molecule has 0 N–H and O–H groups in total. The van der Waals surface area contributed by atoms with Gasteiger partial charge in [0, 0.05) is 50.7 Å². The van der Waals surface area contributed by atoms with Gasteiger partial charge in [0.05, 0.1) is 11.3 Å². The molecule has 1 aliphatic heterocycles. The third-order valence-electron chi connectivity index (χ3n) is 4.91. The molecule has 9 heteroatoms. The number of nitrogens with zero attached hydrogens (tertiary/aromatic N) is 5. The van der Waals surface area contributed by atoms with Crippen LogP contribution in [0.15, 0.2) is 47.1 Å². The Morgan fingerprint density at radius 2 is 1.76 bits per heavy atom. The molecular weight excluding hydrogens is 383 g/mol. The third kappa shape index (κ3) is 4.40. The van der Waals surface area contributed by atoms with Crippen molar-refractivity contribution in [3.63, 3.8) is 0 Å². The highest BCUT2D eigenvalue weighted by molar-refractivity contribution is 5.55. The molecule has 0 unspecified atom stereocenters. The lowest BCUT2D eigenvalue weighted by molar-refractivity contribution is -0.137. The van der Waals surface area contributed by atoms with Crippen molar-refractivity contribution in [1.82, 2.24) is 19.9 Å². The Labute approximate surface area is 166 Å². The summed E-state index contributed by atoms with van der Waals surface area (Å²) in [6.45, 7) is 5.57. The first-order valence-electron chi connectivity index (χ1n) is 9.28. The Balaban J connectivity index is 1.43. The van der Waals surface area contributed by atoms with E-state index in [0.717, 1.165) is 50.0 Å². The van der Waals surface area contributed by atoms with E-state index >= 15 is 0 Å². The second-order valence-electron chi connectivity index (χ2n) is 6.91. The molecule has 0 bridgehead atoms. The zero-order valence-corrected chi connectivity index (χ0v) is 15.9. The number of rotatable bonds is 4. The predicted molar refractivity (Wildman–Crippen MR) is 101 cm³/mol. The van der Waals surface area contributed by atoms with Crippen molar-refractivity contribution in [3.8, 4) is 11.5 Å². The lowest BCUT2D eigenvalue weighted by Crippen LogP contribution is -2.46. The smallest absolute Gasteiger partial charge is 0.416 e. The molecule has 3 aromatic rings. The number of anilines is 1. The van der Waals surface area contributed by atoms with Crippen LogP contribution in [-0.4, -0.2) is 46.0 Å². The quantitative estimate of drug-likeness (QED) is 0.661. The Morgan fingerprint density at radius 3 is 2.45 bits per heavy atom. The molecule has 0 atom stereocenters. The van der Waals surface area contributed by atoms with Crippen molar-refractivity contribution < 1.29 is 17.6 Å². The van der Waals surface area contributed by atoms with Crippen LogP contribution in [0.2, 0.25) is 0 Å². The average Bonchev–Trinajstić information content (AvgIpc) is 3.09. The number of alkyl halides is 3. The minimum atomic E-state index is -4.40. The zero-order chi connectivity index (χ0) is 20.4. The first-order chi connectivity index (χ1) is 13.9. The molecule has 4 rings (SSSR count). The third-order valence-corrected chi connectivity index (χ3v) is 4.91. The SMILES string of the molecule is Cc1oc(-c2cccc(C(F)(F)F)c2)nc1CN1CCN(c2ncccn2)CC1. The predicted octanol–water partition coefficient (Wildman–Crippen LogP) is 3.78. The van der Waals surface area contributed by atoms with Crippen LogP contribution in [0.3, 0.4) is 0 Å². The van der Waals surface area contributed by atoms with Gasteiger partial charge >= 0.3 is 6.18 Å². The summed E-state index contributed by atoms with van der Waals surface area (Å²) in [7, 11) is 0. The molecule has 29 heavy (non-hydrogen) atoms. The summed E-state index contributed by atoms with van der Waals surface area (Å²) in [5, 5.41) is 0. The maximum Gasteiger partial charge on any atom is 0.416 e. The highest BCUT2D eigenvalue weighted by atomic mass is 19.4. The van der Waals surface area contributed by atoms with Crippen LogP contribution in [0.25, 0.3) is 11.5 Å². The first-order valence-corrected chi connectivity index (χ1v) is 9.28. The van der Waals surface area contributed by atoms with Crippen LogP contribution in [0, 0.1) is 6.92 Å². The fourth-order valence-corrected chi connectivity index (χ4v) is 3.30. The molecule has 0 spiro atoms. The Morgan fingerprint density at radius 1 is 1.03 bits per heavy atom. The molecule has 1 saturated heterocycles. The number of benzene rings is 1. The van der Waals surface area contributed by atoms with E-state index in [4.69, 9.17) is 4.42 Å². The van der Waals surface area contributed by atoms with E-state index < -0.39 is 11.7 Å². The molecule has 0 saturated carbocycles. The minimum Gasteiger partial charge on any atom is -0.441 e. The van der Waals surface area contributed by atoms with Gasteiger partial charge in [-0.25, -0.2) is 15.0 Å². The van der Waals surface area contributed by atoms with Crippen LogP contribution in [0.1, 0.15) is 17.0 Å². The average molecular weight is 403 g/mol. The summed E-state index contributed by atoms with van der Waals surface area (Å²) < 4.78 is 44.5. The molecule has 0 radical (unpaired) electrons. The number of aryl methyl sites for hydroxylation is 1.